The first kappa shape index (κ1) is 27.6. The van der Waals surface area contributed by atoms with Gasteiger partial charge in [-0.3, -0.25) is 0 Å². The Kier molecular flexibility index (Phi) is 8.36. The molecular weight excluding hydrogens is 520 g/mol. The fourth-order valence-corrected chi connectivity index (χ4v) is 4.47. The molecule has 2 heterocycles. The molecule has 0 fully saturated rings. The molecule has 7 nitrogen and oxygen atoms in total. The van der Waals surface area contributed by atoms with Gasteiger partial charge in [-0.1, -0.05) is 60.7 Å². The maximum Gasteiger partial charge on any atom is 0.372 e. The standard InChI is InChI=1S/C17H14O4.C17H16O3/c1-11-14-9-13(20-10-12-5-3-2-4-6-12)7-8-15(14)21-16(11)17(18)19;1-12-15-9-14(7-8-16(15)20-17(12)10-18)19-11-13-5-3-2-4-6-13/h2-9H,10H2,1H3,(H,18,19);2-9,18H,10-11H2,1H3. The van der Waals surface area contributed by atoms with Crippen LogP contribution in [0.4, 0.5) is 0 Å². The monoisotopic (exact) mass is 550 g/mol. The minimum Gasteiger partial charge on any atom is -0.489 e. The number of aliphatic hydroxyl groups is 1. The highest BCUT2D eigenvalue weighted by atomic mass is 16.5. The zero-order chi connectivity index (χ0) is 28.8. The number of hydrogen-bond donors (Lipinski definition) is 2. The number of hydrogen-bond acceptors (Lipinski definition) is 6. The molecule has 2 aromatic heterocycles. The largest absolute Gasteiger partial charge is 0.489 e. The van der Waals surface area contributed by atoms with E-state index in [2.05, 4.69) is 0 Å². The number of aromatic carboxylic acids is 1. The lowest BCUT2D eigenvalue weighted by atomic mass is 10.1. The first-order valence-corrected chi connectivity index (χ1v) is 13.2. The second kappa shape index (κ2) is 12.4. The fourth-order valence-electron chi connectivity index (χ4n) is 4.47. The molecule has 0 aliphatic rings. The molecule has 0 saturated carbocycles. The van der Waals surface area contributed by atoms with E-state index >= 15 is 0 Å². The molecular formula is C34H30O7. The Hall–Kier alpha value is -5.01. The van der Waals surface area contributed by atoms with E-state index in [-0.39, 0.29) is 12.4 Å². The predicted molar refractivity (Wildman–Crippen MR) is 156 cm³/mol. The first-order valence-electron chi connectivity index (χ1n) is 13.2. The molecule has 0 unspecified atom stereocenters. The first-order chi connectivity index (χ1) is 19.9. The number of furan rings is 2. The molecule has 0 spiro atoms. The second-order valence-corrected chi connectivity index (χ2v) is 9.53. The maximum absolute atomic E-state index is 11.1. The van der Waals surface area contributed by atoms with Gasteiger partial charge in [0.2, 0.25) is 5.76 Å². The van der Waals surface area contributed by atoms with Gasteiger partial charge in [0.15, 0.2) is 0 Å². The number of fused-ring (bicyclic) bond motifs is 2. The fraction of sp³-hybridized carbons (Fsp3) is 0.147. The van der Waals surface area contributed by atoms with Gasteiger partial charge in [-0.15, -0.1) is 0 Å². The van der Waals surface area contributed by atoms with Crippen molar-refractivity contribution in [3.63, 3.8) is 0 Å². The molecule has 0 aliphatic carbocycles. The highest BCUT2D eigenvalue weighted by molar-refractivity contribution is 5.95. The quantitative estimate of drug-likeness (QED) is 0.199. The van der Waals surface area contributed by atoms with Crippen molar-refractivity contribution in [3.8, 4) is 11.5 Å². The molecule has 0 amide bonds. The number of benzene rings is 4. The summed E-state index contributed by atoms with van der Waals surface area (Å²) in [7, 11) is 0. The second-order valence-electron chi connectivity index (χ2n) is 9.53. The third kappa shape index (κ3) is 6.42. The van der Waals surface area contributed by atoms with E-state index in [0.29, 0.717) is 35.9 Å². The summed E-state index contributed by atoms with van der Waals surface area (Å²) < 4.78 is 22.4. The highest BCUT2D eigenvalue weighted by Gasteiger charge is 2.17. The SMILES string of the molecule is Cc1c(C(=O)O)oc2ccc(OCc3ccccc3)cc12.Cc1c(CO)oc2ccc(OCc3ccccc3)cc12. The smallest absolute Gasteiger partial charge is 0.372 e. The van der Waals surface area contributed by atoms with Crippen LogP contribution in [0.1, 0.15) is 38.6 Å². The van der Waals surface area contributed by atoms with Gasteiger partial charge in [0, 0.05) is 21.9 Å². The number of carboxylic acids is 1. The zero-order valence-corrected chi connectivity index (χ0v) is 22.8. The van der Waals surface area contributed by atoms with Gasteiger partial charge in [0.1, 0.15) is 48.2 Å². The molecule has 7 heteroatoms. The number of aliphatic hydroxyl groups excluding tert-OH is 1. The molecule has 6 rings (SSSR count). The zero-order valence-electron chi connectivity index (χ0n) is 22.8. The molecule has 0 aliphatic heterocycles. The van der Waals surface area contributed by atoms with Crippen molar-refractivity contribution in [1.82, 2.24) is 0 Å². The molecule has 0 saturated heterocycles. The molecule has 41 heavy (non-hydrogen) atoms. The number of ether oxygens (including phenoxy) is 2. The van der Waals surface area contributed by atoms with Gasteiger partial charge in [0.25, 0.3) is 0 Å². The number of aryl methyl sites for hydroxylation is 2. The summed E-state index contributed by atoms with van der Waals surface area (Å²) in [6.45, 7) is 4.60. The molecule has 0 bridgehead atoms. The lowest BCUT2D eigenvalue weighted by molar-refractivity contribution is 0.0664. The lowest BCUT2D eigenvalue weighted by Gasteiger charge is -2.06. The van der Waals surface area contributed by atoms with E-state index in [9.17, 15) is 9.90 Å². The Morgan fingerprint density at radius 3 is 1.66 bits per heavy atom. The van der Waals surface area contributed by atoms with E-state index in [0.717, 1.165) is 38.8 Å². The van der Waals surface area contributed by atoms with E-state index in [1.807, 2.05) is 91.9 Å². The van der Waals surface area contributed by atoms with Crippen LogP contribution in [-0.4, -0.2) is 16.2 Å². The number of rotatable bonds is 8. The van der Waals surface area contributed by atoms with Gasteiger partial charge in [-0.25, -0.2) is 4.79 Å². The molecule has 0 radical (unpaired) electrons. The molecule has 4 aromatic carbocycles. The van der Waals surface area contributed by atoms with Gasteiger partial charge in [-0.2, -0.15) is 0 Å². The maximum atomic E-state index is 11.1. The molecule has 0 atom stereocenters. The van der Waals surface area contributed by atoms with Crippen LogP contribution in [0.3, 0.4) is 0 Å². The van der Waals surface area contributed by atoms with Gasteiger partial charge in [0.05, 0.1) is 0 Å². The summed E-state index contributed by atoms with van der Waals surface area (Å²) in [4.78, 5) is 11.1. The Balaban J connectivity index is 0.000000165. The van der Waals surface area contributed by atoms with E-state index < -0.39 is 5.97 Å². The number of carbonyl (C=O) groups is 1. The molecule has 2 N–H and O–H groups in total. The van der Waals surface area contributed by atoms with Crippen LogP contribution in [0.25, 0.3) is 21.9 Å². The van der Waals surface area contributed by atoms with Crippen LogP contribution < -0.4 is 9.47 Å². The third-order valence-corrected chi connectivity index (χ3v) is 6.75. The normalized spacial score (nSPS) is 10.8. The summed E-state index contributed by atoms with van der Waals surface area (Å²) in [6, 6.07) is 30.9. The van der Waals surface area contributed by atoms with Crippen molar-refractivity contribution in [2.75, 3.05) is 0 Å². The van der Waals surface area contributed by atoms with Gasteiger partial charge in [-0.05, 0) is 61.4 Å². The van der Waals surface area contributed by atoms with Crippen molar-refractivity contribution in [3.05, 3.63) is 131 Å². The Morgan fingerprint density at radius 2 is 1.17 bits per heavy atom. The summed E-state index contributed by atoms with van der Waals surface area (Å²) >= 11 is 0. The minimum absolute atomic E-state index is 0.0230. The predicted octanol–water partition coefficient (Wildman–Crippen LogP) is 7.83. The van der Waals surface area contributed by atoms with Crippen molar-refractivity contribution in [1.29, 1.82) is 0 Å². The van der Waals surface area contributed by atoms with Gasteiger partial charge >= 0.3 is 5.97 Å². The van der Waals surface area contributed by atoms with E-state index in [4.69, 9.17) is 23.4 Å². The average molecular weight is 551 g/mol. The van der Waals surface area contributed by atoms with Crippen molar-refractivity contribution in [2.45, 2.75) is 33.7 Å². The number of carboxylic acid groups (broad SMARTS) is 1. The summed E-state index contributed by atoms with van der Waals surface area (Å²) in [6.07, 6.45) is 0. The third-order valence-electron chi connectivity index (χ3n) is 6.75. The van der Waals surface area contributed by atoms with Crippen LogP contribution in [-0.2, 0) is 19.8 Å². The van der Waals surface area contributed by atoms with Crippen LogP contribution in [0.15, 0.2) is 106 Å². The molecule has 6 aromatic rings. The van der Waals surface area contributed by atoms with Crippen molar-refractivity contribution in [2.24, 2.45) is 0 Å². The van der Waals surface area contributed by atoms with E-state index in [1.54, 1.807) is 19.1 Å². The average Bonchev–Trinajstić information content (AvgIpc) is 3.52. The Bertz CT molecular complexity index is 1770. The Morgan fingerprint density at radius 1 is 0.683 bits per heavy atom. The minimum atomic E-state index is -1.06. The topological polar surface area (TPSA) is 102 Å². The summed E-state index contributed by atoms with van der Waals surface area (Å²) in [5.74, 6) is 1.02. The highest BCUT2D eigenvalue weighted by Crippen LogP contribution is 2.30. The van der Waals surface area contributed by atoms with Crippen molar-refractivity contribution < 1.29 is 33.3 Å². The van der Waals surface area contributed by atoms with Crippen LogP contribution in [0, 0.1) is 13.8 Å². The summed E-state index contributed by atoms with van der Waals surface area (Å²) in [5, 5.41) is 20.0. The van der Waals surface area contributed by atoms with Crippen LogP contribution in [0.2, 0.25) is 0 Å². The Labute approximate surface area is 237 Å². The van der Waals surface area contributed by atoms with Gasteiger partial charge < -0.3 is 28.5 Å². The lowest BCUT2D eigenvalue weighted by Crippen LogP contribution is -1.95. The van der Waals surface area contributed by atoms with Crippen LogP contribution >= 0.6 is 0 Å². The van der Waals surface area contributed by atoms with Crippen LogP contribution in [0.5, 0.6) is 11.5 Å². The van der Waals surface area contributed by atoms with E-state index in [1.165, 1.54) is 0 Å². The van der Waals surface area contributed by atoms with Crippen molar-refractivity contribution >= 4 is 27.9 Å². The molecule has 208 valence electrons. The summed E-state index contributed by atoms with van der Waals surface area (Å²) in [5.41, 5.74) is 5.12.